The summed E-state index contributed by atoms with van der Waals surface area (Å²) in [7, 11) is -2.08. The van der Waals surface area contributed by atoms with Crippen LogP contribution in [0.15, 0.2) is 53.4 Å². The Labute approximate surface area is 136 Å². The van der Waals surface area contributed by atoms with E-state index in [1.807, 2.05) is 6.07 Å². The molecule has 5 nitrogen and oxygen atoms in total. The first-order chi connectivity index (χ1) is 10.9. The number of fused-ring (bicyclic) bond motifs is 1. The molecule has 0 bridgehead atoms. The number of carbonyl (C=O) groups is 1. The number of anilines is 2. The van der Waals surface area contributed by atoms with Gasteiger partial charge in [0.1, 0.15) is 0 Å². The molecule has 0 unspecified atom stereocenters. The average molecular weight is 330 g/mol. The van der Waals surface area contributed by atoms with Crippen molar-refractivity contribution in [3.63, 3.8) is 0 Å². The van der Waals surface area contributed by atoms with Crippen molar-refractivity contribution in [1.82, 2.24) is 0 Å². The van der Waals surface area contributed by atoms with Crippen molar-refractivity contribution < 1.29 is 13.2 Å². The van der Waals surface area contributed by atoms with Crippen molar-refractivity contribution in [3.05, 3.63) is 54.1 Å². The van der Waals surface area contributed by atoms with Crippen molar-refractivity contribution in [2.45, 2.75) is 18.2 Å². The number of amides is 1. The normalized spacial score (nSPS) is 13.7. The highest BCUT2D eigenvalue weighted by Gasteiger charge is 2.26. The van der Waals surface area contributed by atoms with Gasteiger partial charge in [-0.1, -0.05) is 18.2 Å². The molecule has 0 N–H and O–H groups in total. The lowest BCUT2D eigenvalue weighted by atomic mass is 10.2. The van der Waals surface area contributed by atoms with E-state index >= 15 is 0 Å². The summed E-state index contributed by atoms with van der Waals surface area (Å²) in [5, 5.41) is 0. The van der Waals surface area contributed by atoms with Gasteiger partial charge in [0.05, 0.1) is 10.6 Å². The van der Waals surface area contributed by atoms with E-state index in [9.17, 15) is 13.2 Å². The summed E-state index contributed by atoms with van der Waals surface area (Å²) in [6, 6.07) is 13.9. The van der Waals surface area contributed by atoms with Gasteiger partial charge in [-0.3, -0.25) is 9.10 Å². The Morgan fingerprint density at radius 3 is 2.48 bits per heavy atom. The molecule has 120 valence electrons. The van der Waals surface area contributed by atoms with Crippen molar-refractivity contribution in [2.24, 2.45) is 0 Å². The monoisotopic (exact) mass is 330 g/mol. The van der Waals surface area contributed by atoms with Crippen LogP contribution in [0.5, 0.6) is 0 Å². The number of hydrogen-bond donors (Lipinski definition) is 0. The lowest BCUT2D eigenvalue weighted by molar-refractivity contribution is -0.116. The molecule has 0 radical (unpaired) electrons. The van der Waals surface area contributed by atoms with Crippen molar-refractivity contribution in [2.75, 3.05) is 22.8 Å². The standard InChI is InChI=1S/C17H18N2O3S/c1-13(20)19-11-10-14-12-16(8-9-17(14)19)23(21,22)18(2)15-6-4-3-5-7-15/h3-9,12H,10-11H2,1-2H3. The molecule has 0 atom stereocenters. The Hall–Kier alpha value is -2.34. The van der Waals surface area contributed by atoms with Crippen LogP contribution >= 0.6 is 0 Å². The zero-order valence-corrected chi connectivity index (χ0v) is 13.9. The molecule has 1 aliphatic rings. The third-order valence-electron chi connectivity index (χ3n) is 4.10. The Balaban J connectivity index is 1.98. The quantitative estimate of drug-likeness (QED) is 0.868. The molecule has 2 aromatic rings. The molecule has 0 saturated carbocycles. The molecule has 1 aliphatic heterocycles. The number of benzene rings is 2. The smallest absolute Gasteiger partial charge is 0.264 e. The minimum Gasteiger partial charge on any atom is -0.312 e. The highest BCUT2D eigenvalue weighted by molar-refractivity contribution is 7.92. The number of hydrogen-bond acceptors (Lipinski definition) is 3. The SMILES string of the molecule is CC(=O)N1CCc2cc(S(=O)(=O)N(C)c3ccccc3)ccc21. The third-order valence-corrected chi connectivity index (χ3v) is 5.89. The maximum atomic E-state index is 12.8. The maximum Gasteiger partial charge on any atom is 0.264 e. The molecule has 0 aliphatic carbocycles. The van der Waals surface area contributed by atoms with Crippen LogP contribution in [0, 0.1) is 0 Å². The topological polar surface area (TPSA) is 57.7 Å². The van der Waals surface area contributed by atoms with Gasteiger partial charge in [-0.25, -0.2) is 8.42 Å². The molecule has 0 spiro atoms. The van der Waals surface area contributed by atoms with Crippen LogP contribution in [0.1, 0.15) is 12.5 Å². The fourth-order valence-corrected chi connectivity index (χ4v) is 4.05. The number of nitrogens with zero attached hydrogens (tertiary/aromatic N) is 2. The summed E-state index contributed by atoms with van der Waals surface area (Å²) >= 11 is 0. The van der Waals surface area contributed by atoms with E-state index in [0.29, 0.717) is 18.7 Å². The van der Waals surface area contributed by atoms with Gasteiger partial charge in [0, 0.05) is 26.2 Å². The molecule has 23 heavy (non-hydrogen) atoms. The fraction of sp³-hybridized carbons (Fsp3) is 0.235. The van der Waals surface area contributed by atoms with Gasteiger partial charge in [-0.2, -0.15) is 0 Å². The predicted molar refractivity (Wildman–Crippen MR) is 90.2 cm³/mol. The molecular weight excluding hydrogens is 312 g/mol. The minimum atomic E-state index is -3.62. The molecule has 3 rings (SSSR count). The van der Waals surface area contributed by atoms with E-state index in [1.54, 1.807) is 54.4 Å². The lowest BCUT2D eigenvalue weighted by Gasteiger charge is -2.20. The lowest BCUT2D eigenvalue weighted by Crippen LogP contribution is -2.27. The molecule has 6 heteroatoms. The summed E-state index contributed by atoms with van der Waals surface area (Å²) in [6.45, 7) is 2.12. The summed E-state index contributed by atoms with van der Waals surface area (Å²) in [5.41, 5.74) is 2.31. The first-order valence-corrected chi connectivity index (χ1v) is 8.80. The van der Waals surface area contributed by atoms with E-state index in [2.05, 4.69) is 0 Å². The van der Waals surface area contributed by atoms with Crippen LogP contribution in [0.25, 0.3) is 0 Å². The van der Waals surface area contributed by atoms with Crippen LogP contribution in [0.4, 0.5) is 11.4 Å². The van der Waals surface area contributed by atoms with Crippen LogP contribution < -0.4 is 9.21 Å². The first-order valence-electron chi connectivity index (χ1n) is 7.36. The van der Waals surface area contributed by atoms with Crippen LogP contribution in [-0.4, -0.2) is 27.9 Å². The highest BCUT2D eigenvalue weighted by Crippen LogP contribution is 2.31. The molecule has 0 saturated heterocycles. The van der Waals surface area contributed by atoms with Crippen molar-refractivity contribution in [1.29, 1.82) is 0 Å². The number of para-hydroxylation sites is 1. The van der Waals surface area contributed by atoms with Crippen molar-refractivity contribution >= 4 is 27.3 Å². The summed E-state index contributed by atoms with van der Waals surface area (Å²) < 4.78 is 26.9. The number of carbonyl (C=O) groups excluding carboxylic acids is 1. The highest BCUT2D eigenvalue weighted by atomic mass is 32.2. The van der Waals surface area contributed by atoms with Crippen LogP contribution in [0.3, 0.4) is 0 Å². The fourth-order valence-electron chi connectivity index (χ4n) is 2.80. The molecule has 1 amide bonds. The third kappa shape index (κ3) is 2.70. The van der Waals surface area contributed by atoms with E-state index in [-0.39, 0.29) is 10.8 Å². The van der Waals surface area contributed by atoms with Gasteiger partial charge in [0.15, 0.2) is 0 Å². The molecule has 2 aromatic carbocycles. The van der Waals surface area contributed by atoms with Gasteiger partial charge in [-0.05, 0) is 42.3 Å². The van der Waals surface area contributed by atoms with E-state index < -0.39 is 10.0 Å². The summed E-state index contributed by atoms with van der Waals surface area (Å²) in [5.74, 6) is -0.0271. The van der Waals surface area contributed by atoms with E-state index in [4.69, 9.17) is 0 Å². The van der Waals surface area contributed by atoms with Gasteiger partial charge in [0.2, 0.25) is 5.91 Å². The Bertz CT molecular complexity index is 847. The van der Waals surface area contributed by atoms with Gasteiger partial charge in [-0.15, -0.1) is 0 Å². The summed E-state index contributed by atoms with van der Waals surface area (Å²) in [6.07, 6.45) is 0.674. The Kier molecular flexibility index (Phi) is 3.85. The minimum absolute atomic E-state index is 0.0271. The van der Waals surface area contributed by atoms with E-state index in [0.717, 1.165) is 11.3 Å². The second kappa shape index (κ2) is 5.70. The largest absolute Gasteiger partial charge is 0.312 e. The molecule has 0 fully saturated rings. The van der Waals surface area contributed by atoms with Crippen LogP contribution in [0.2, 0.25) is 0 Å². The summed E-state index contributed by atoms with van der Waals surface area (Å²) in [4.78, 5) is 13.5. The maximum absolute atomic E-state index is 12.8. The molecule has 0 aromatic heterocycles. The van der Waals surface area contributed by atoms with Gasteiger partial charge >= 0.3 is 0 Å². The molecule has 1 heterocycles. The Morgan fingerprint density at radius 1 is 1.13 bits per heavy atom. The second-order valence-corrected chi connectivity index (χ2v) is 7.49. The van der Waals surface area contributed by atoms with Gasteiger partial charge in [0.25, 0.3) is 10.0 Å². The molecular formula is C17H18N2O3S. The predicted octanol–water partition coefficient (Wildman–Crippen LogP) is 2.42. The number of sulfonamides is 1. The first kappa shape index (κ1) is 15.6. The second-order valence-electron chi connectivity index (χ2n) is 5.52. The van der Waals surface area contributed by atoms with Gasteiger partial charge < -0.3 is 4.90 Å². The van der Waals surface area contributed by atoms with Crippen molar-refractivity contribution in [3.8, 4) is 0 Å². The Morgan fingerprint density at radius 2 is 1.83 bits per heavy atom. The zero-order valence-electron chi connectivity index (χ0n) is 13.1. The number of rotatable bonds is 3. The zero-order chi connectivity index (χ0) is 16.6. The van der Waals surface area contributed by atoms with Crippen LogP contribution in [-0.2, 0) is 21.2 Å². The average Bonchev–Trinajstić information content (AvgIpc) is 2.98. The van der Waals surface area contributed by atoms with E-state index in [1.165, 1.54) is 11.2 Å².